The molecule has 1 aromatic heterocycles. The molecule has 3 rings (SSSR count). The lowest BCUT2D eigenvalue weighted by molar-refractivity contribution is 0.0172. The van der Waals surface area contributed by atoms with E-state index in [1.54, 1.807) is 6.07 Å². The highest BCUT2D eigenvalue weighted by Gasteiger charge is 2.25. The Morgan fingerprint density at radius 2 is 1.81 bits per heavy atom. The minimum Gasteiger partial charge on any atom is -0.379 e. The average molecular weight is 410 g/mol. The number of ether oxygens (including phenoxy) is 1. The Balaban J connectivity index is 1.79. The Morgan fingerprint density at radius 3 is 2.37 bits per heavy atom. The fourth-order valence-corrected chi connectivity index (χ4v) is 5.52. The Labute approximate surface area is 165 Å². The van der Waals surface area contributed by atoms with Crippen LogP contribution >= 0.6 is 11.3 Å². The summed E-state index contributed by atoms with van der Waals surface area (Å²) in [4.78, 5) is 5.32. The predicted molar refractivity (Wildman–Crippen MR) is 110 cm³/mol. The molecule has 1 fully saturated rings. The number of thiophene rings is 1. The van der Waals surface area contributed by atoms with Crippen molar-refractivity contribution in [1.29, 1.82) is 0 Å². The molecule has 1 atom stereocenters. The normalized spacial score (nSPS) is 17.0. The molecule has 0 aliphatic carbocycles. The molecule has 6 nitrogen and oxygen atoms in total. The van der Waals surface area contributed by atoms with Gasteiger partial charge < -0.3 is 9.64 Å². The first-order valence-corrected chi connectivity index (χ1v) is 11.3. The van der Waals surface area contributed by atoms with Gasteiger partial charge in [0.1, 0.15) is 4.21 Å². The molecule has 1 unspecified atom stereocenters. The van der Waals surface area contributed by atoms with Gasteiger partial charge in [-0.3, -0.25) is 4.90 Å². The van der Waals surface area contributed by atoms with Crippen molar-refractivity contribution >= 4 is 27.0 Å². The standard InChI is InChI=1S/C19H27N3O3S2/c1-15-4-9-19(26-15)27(23,24)20-14-18(22-10-12-25-13-11-22)16-5-7-17(8-6-16)21(2)3/h4-9,18,20H,10-14H2,1-3H3. The molecule has 27 heavy (non-hydrogen) atoms. The Kier molecular flexibility index (Phi) is 6.54. The zero-order valence-electron chi connectivity index (χ0n) is 16.0. The molecule has 1 aromatic carbocycles. The summed E-state index contributed by atoms with van der Waals surface area (Å²) in [7, 11) is 0.511. The second kappa shape index (κ2) is 8.70. The van der Waals surface area contributed by atoms with Crippen molar-refractivity contribution in [1.82, 2.24) is 9.62 Å². The number of nitrogens with one attached hydrogen (secondary N) is 1. The van der Waals surface area contributed by atoms with Crippen molar-refractivity contribution < 1.29 is 13.2 Å². The van der Waals surface area contributed by atoms with Crippen LogP contribution in [-0.2, 0) is 14.8 Å². The van der Waals surface area contributed by atoms with Crippen LogP contribution < -0.4 is 9.62 Å². The molecule has 0 saturated carbocycles. The van der Waals surface area contributed by atoms with E-state index in [1.807, 2.05) is 27.1 Å². The van der Waals surface area contributed by atoms with E-state index >= 15 is 0 Å². The van der Waals surface area contributed by atoms with Gasteiger partial charge in [0.15, 0.2) is 0 Å². The van der Waals surface area contributed by atoms with E-state index in [4.69, 9.17) is 4.74 Å². The fraction of sp³-hybridized carbons (Fsp3) is 0.474. The lowest BCUT2D eigenvalue weighted by atomic mass is 10.0. The number of hydrogen-bond acceptors (Lipinski definition) is 6. The molecule has 0 bridgehead atoms. The quantitative estimate of drug-likeness (QED) is 0.761. The van der Waals surface area contributed by atoms with Crippen molar-refractivity contribution in [3.05, 3.63) is 46.8 Å². The molecule has 1 aliphatic rings. The van der Waals surface area contributed by atoms with E-state index in [1.165, 1.54) is 11.3 Å². The fourth-order valence-electron chi connectivity index (χ4n) is 3.16. The first-order valence-electron chi connectivity index (χ1n) is 9.02. The minimum absolute atomic E-state index is 0.0269. The smallest absolute Gasteiger partial charge is 0.250 e. The molecule has 0 amide bonds. The second-order valence-electron chi connectivity index (χ2n) is 6.87. The highest BCUT2D eigenvalue weighted by molar-refractivity contribution is 7.91. The molecule has 1 saturated heterocycles. The Morgan fingerprint density at radius 1 is 1.15 bits per heavy atom. The van der Waals surface area contributed by atoms with Crippen LogP contribution in [0.5, 0.6) is 0 Å². The summed E-state index contributed by atoms with van der Waals surface area (Å²) in [6.07, 6.45) is 0. The van der Waals surface area contributed by atoms with Gasteiger partial charge in [-0.1, -0.05) is 12.1 Å². The van der Waals surface area contributed by atoms with Crippen LogP contribution in [0, 0.1) is 6.92 Å². The van der Waals surface area contributed by atoms with E-state index in [0.717, 1.165) is 29.2 Å². The molecule has 0 radical (unpaired) electrons. The first kappa shape index (κ1) is 20.3. The number of aryl methyl sites for hydroxylation is 1. The van der Waals surface area contributed by atoms with Gasteiger partial charge in [0.2, 0.25) is 10.0 Å². The van der Waals surface area contributed by atoms with E-state index in [-0.39, 0.29) is 6.04 Å². The van der Waals surface area contributed by atoms with Crippen molar-refractivity contribution in [2.45, 2.75) is 17.2 Å². The van der Waals surface area contributed by atoms with Gasteiger partial charge >= 0.3 is 0 Å². The van der Waals surface area contributed by atoms with Gasteiger partial charge in [0.25, 0.3) is 0 Å². The lowest BCUT2D eigenvalue weighted by Crippen LogP contribution is -2.43. The maximum Gasteiger partial charge on any atom is 0.250 e. The first-order chi connectivity index (χ1) is 12.9. The number of rotatable bonds is 7. The second-order valence-corrected chi connectivity index (χ2v) is 10.1. The van der Waals surface area contributed by atoms with E-state index < -0.39 is 10.0 Å². The summed E-state index contributed by atoms with van der Waals surface area (Å²) in [6.45, 7) is 5.17. The van der Waals surface area contributed by atoms with Gasteiger partial charge in [-0.2, -0.15) is 0 Å². The van der Waals surface area contributed by atoms with Crippen molar-refractivity contribution in [3.8, 4) is 0 Å². The number of sulfonamides is 1. The van der Waals surface area contributed by atoms with Gasteiger partial charge in [-0.05, 0) is 36.8 Å². The summed E-state index contributed by atoms with van der Waals surface area (Å²) < 4.78 is 34.0. The minimum atomic E-state index is -3.50. The van der Waals surface area contributed by atoms with Crippen LogP contribution in [0.4, 0.5) is 5.69 Å². The van der Waals surface area contributed by atoms with Crippen LogP contribution in [0.3, 0.4) is 0 Å². The van der Waals surface area contributed by atoms with Crippen LogP contribution in [0.1, 0.15) is 16.5 Å². The van der Waals surface area contributed by atoms with Crippen molar-refractivity contribution in [2.75, 3.05) is 51.8 Å². The molecular weight excluding hydrogens is 382 g/mol. The maximum atomic E-state index is 12.7. The Bertz CT molecular complexity index is 841. The third kappa shape index (κ3) is 5.08. The van der Waals surface area contributed by atoms with E-state index in [9.17, 15) is 8.42 Å². The average Bonchev–Trinajstić information content (AvgIpc) is 3.10. The van der Waals surface area contributed by atoms with Gasteiger partial charge in [0, 0.05) is 50.3 Å². The Hall–Kier alpha value is -1.45. The highest BCUT2D eigenvalue weighted by Crippen LogP contribution is 2.25. The lowest BCUT2D eigenvalue weighted by Gasteiger charge is -2.35. The number of hydrogen-bond donors (Lipinski definition) is 1. The van der Waals surface area contributed by atoms with Gasteiger partial charge in [-0.25, -0.2) is 13.1 Å². The van der Waals surface area contributed by atoms with Crippen LogP contribution in [0.15, 0.2) is 40.6 Å². The summed E-state index contributed by atoms with van der Waals surface area (Å²) in [6, 6.07) is 11.8. The predicted octanol–water partition coefficient (Wildman–Crippen LogP) is 2.47. The van der Waals surface area contributed by atoms with Crippen molar-refractivity contribution in [3.63, 3.8) is 0 Å². The van der Waals surface area contributed by atoms with E-state index in [2.05, 4.69) is 38.8 Å². The molecule has 1 aliphatic heterocycles. The van der Waals surface area contributed by atoms with Crippen LogP contribution in [0.2, 0.25) is 0 Å². The largest absolute Gasteiger partial charge is 0.379 e. The zero-order chi connectivity index (χ0) is 19.4. The molecule has 8 heteroatoms. The summed E-state index contributed by atoms with van der Waals surface area (Å²) in [5, 5.41) is 0. The number of nitrogens with zero attached hydrogens (tertiary/aromatic N) is 2. The maximum absolute atomic E-state index is 12.7. The molecule has 0 spiro atoms. The molecule has 1 N–H and O–H groups in total. The zero-order valence-corrected chi connectivity index (χ0v) is 17.6. The SMILES string of the molecule is Cc1ccc(S(=O)(=O)NCC(c2ccc(N(C)C)cc2)N2CCOCC2)s1. The van der Waals surface area contributed by atoms with Crippen LogP contribution in [0.25, 0.3) is 0 Å². The third-order valence-electron chi connectivity index (χ3n) is 4.73. The topological polar surface area (TPSA) is 61.9 Å². The monoisotopic (exact) mass is 409 g/mol. The summed E-state index contributed by atoms with van der Waals surface area (Å²) >= 11 is 1.29. The van der Waals surface area contributed by atoms with Gasteiger partial charge in [0.05, 0.1) is 13.2 Å². The van der Waals surface area contributed by atoms with Crippen LogP contribution in [-0.4, -0.2) is 60.3 Å². The number of benzene rings is 1. The highest BCUT2D eigenvalue weighted by atomic mass is 32.2. The molecular formula is C19H27N3O3S2. The van der Waals surface area contributed by atoms with Crippen molar-refractivity contribution in [2.24, 2.45) is 0 Å². The number of anilines is 1. The summed E-state index contributed by atoms with van der Waals surface area (Å²) in [5.74, 6) is 0. The summed E-state index contributed by atoms with van der Waals surface area (Å²) in [5.41, 5.74) is 2.22. The molecule has 2 heterocycles. The van der Waals surface area contributed by atoms with E-state index in [0.29, 0.717) is 24.0 Å². The molecule has 2 aromatic rings. The third-order valence-corrected chi connectivity index (χ3v) is 7.64. The number of morpholine rings is 1. The molecule has 148 valence electrons. The van der Waals surface area contributed by atoms with Gasteiger partial charge in [-0.15, -0.1) is 11.3 Å².